The Balaban J connectivity index is 2.58. The van der Waals surface area contributed by atoms with Crippen molar-refractivity contribution < 1.29 is 4.39 Å². The molecule has 2 N–H and O–H groups in total. The summed E-state index contributed by atoms with van der Waals surface area (Å²) in [5.41, 5.74) is 6.62. The number of nitrogens with zero attached hydrogens (tertiary/aromatic N) is 2. The van der Waals surface area contributed by atoms with Gasteiger partial charge in [0.15, 0.2) is 0 Å². The summed E-state index contributed by atoms with van der Waals surface area (Å²) in [6.07, 6.45) is 1.59. The summed E-state index contributed by atoms with van der Waals surface area (Å²) >= 11 is 5.82. The third-order valence-corrected chi connectivity index (χ3v) is 2.64. The first-order valence-electron chi connectivity index (χ1n) is 4.89. The second kappa shape index (κ2) is 4.14. The summed E-state index contributed by atoms with van der Waals surface area (Å²) in [4.78, 5) is 4.10. The van der Waals surface area contributed by atoms with Crippen LogP contribution in [0.15, 0.2) is 24.5 Å². The van der Waals surface area contributed by atoms with E-state index in [1.165, 1.54) is 18.2 Å². The monoisotopic (exact) mass is 239 g/mol. The molecule has 1 heterocycles. The zero-order chi connectivity index (χ0) is 11.7. The number of nitrogens with two attached hydrogens (primary N) is 1. The SMILES string of the molecule is CCn1cnc(-c2cc(Cl)ccc2F)c1N. The highest BCUT2D eigenvalue weighted by Crippen LogP contribution is 2.28. The molecule has 16 heavy (non-hydrogen) atoms. The quantitative estimate of drug-likeness (QED) is 0.876. The van der Waals surface area contributed by atoms with Gasteiger partial charge in [0.2, 0.25) is 0 Å². The van der Waals surface area contributed by atoms with E-state index in [-0.39, 0.29) is 5.82 Å². The lowest BCUT2D eigenvalue weighted by Crippen LogP contribution is -2.00. The lowest BCUT2D eigenvalue weighted by molar-refractivity contribution is 0.631. The normalized spacial score (nSPS) is 10.7. The minimum atomic E-state index is -0.377. The van der Waals surface area contributed by atoms with Gasteiger partial charge in [-0.3, -0.25) is 0 Å². The van der Waals surface area contributed by atoms with Crippen LogP contribution < -0.4 is 5.73 Å². The van der Waals surface area contributed by atoms with E-state index in [2.05, 4.69) is 4.98 Å². The molecule has 1 aromatic heterocycles. The molecule has 0 saturated carbocycles. The van der Waals surface area contributed by atoms with E-state index >= 15 is 0 Å². The summed E-state index contributed by atoms with van der Waals surface area (Å²) < 4.78 is 15.3. The molecule has 5 heteroatoms. The Morgan fingerprint density at radius 1 is 1.50 bits per heavy atom. The lowest BCUT2D eigenvalue weighted by atomic mass is 10.1. The van der Waals surface area contributed by atoms with Crippen LogP contribution in [0.1, 0.15) is 6.92 Å². The first kappa shape index (κ1) is 11.0. The van der Waals surface area contributed by atoms with Crippen molar-refractivity contribution in [3.8, 4) is 11.3 Å². The number of hydrogen-bond donors (Lipinski definition) is 1. The molecule has 0 radical (unpaired) electrons. The average Bonchev–Trinajstić information content (AvgIpc) is 2.63. The van der Waals surface area contributed by atoms with Crippen molar-refractivity contribution in [3.63, 3.8) is 0 Å². The third-order valence-electron chi connectivity index (χ3n) is 2.40. The topological polar surface area (TPSA) is 43.8 Å². The van der Waals surface area contributed by atoms with Crippen LogP contribution in [0, 0.1) is 5.82 Å². The van der Waals surface area contributed by atoms with Gasteiger partial charge in [-0.1, -0.05) is 11.6 Å². The van der Waals surface area contributed by atoms with Gasteiger partial charge in [0.25, 0.3) is 0 Å². The van der Waals surface area contributed by atoms with Gasteiger partial charge in [0.05, 0.1) is 6.33 Å². The number of anilines is 1. The second-order valence-electron chi connectivity index (χ2n) is 3.39. The first-order chi connectivity index (χ1) is 7.63. The Morgan fingerprint density at radius 2 is 2.25 bits per heavy atom. The standard InChI is InChI=1S/C11H11ClFN3/c1-2-16-6-15-10(11(16)14)8-5-7(12)3-4-9(8)13/h3-6H,2,14H2,1H3. The molecule has 2 aromatic rings. The summed E-state index contributed by atoms with van der Waals surface area (Å²) in [5, 5.41) is 0.460. The maximum atomic E-state index is 13.6. The number of rotatable bonds is 2. The third kappa shape index (κ3) is 1.76. The number of halogens is 2. The van der Waals surface area contributed by atoms with Crippen LogP contribution >= 0.6 is 11.6 Å². The van der Waals surface area contributed by atoms with E-state index in [1.807, 2.05) is 6.92 Å². The molecule has 2 rings (SSSR count). The molecule has 0 atom stereocenters. The van der Waals surface area contributed by atoms with E-state index in [9.17, 15) is 4.39 Å². The molecular weight excluding hydrogens is 229 g/mol. The van der Waals surface area contributed by atoms with Gasteiger partial charge >= 0.3 is 0 Å². The fraction of sp³-hybridized carbons (Fsp3) is 0.182. The molecule has 0 unspecified atom stereocenters. The number of imidazole rings is 1. The van der Waals surface area contributed by atoms with Crippen LogP contribution in [-0.4, -0.2) is 9.55 Å². The molecule has 0 aliphatic heterocycles. The molecule has 0 aliphatic rings. The number of benzene rings is 1. The molecule has 0 bridgehead atoms. The molecule has 1 aromatic carbocycles. The van der Waals surface area contributed by atoms with Gasteiger partial charge in [-0.15, -0.1) is 0 Å². The predicted octanol–water partition coefficient (Wildman–Crippen LogP) is 2.94. The highest BCUT2D eigenvalue weighted by Gasteiger charge is 2.13. The van der Waals surface area contributed by atoms with Crippen LogP contribution in [0.2, 0.25) is 5.02 Å². The number of aryl methyl sites for hydroxylation is 1. The van der Waals surface area contributed by atoms with E-state index in [0.717, 1.165) is 0 Å². The second-order valence-corrected chi connectivity index (χ2v) is 3.83. The van der Waals surface area contributed by atoms with E-state index in [1.54, 1.807) is 10.9 Å². The average molecular weight is 240 g/mol. The molecule has 3 nitrogen and oxygen atoms in total. The van der Waals surface area contributed by atoms with Crippen LogP contribution in [0.3, 0.4) is 0 Å². The van der Waals surface area contributed by atoms with Gasteiger partial charge in [-0.2, -0.15) is 0 Å². The summed E-state index contributed by atoms with van der Waals surface area (Å²) in [7, 11) is 0. The zero-order valence-corrected chi connectivity index (χ0v) is 9.50. The van der Waals surface area contributed by atoms with Crippen molar-refractivity contribution in [3.05, 3.63) is 35.4 Å². The van der Waals surface area contributed by atoms with Crippen molar-refractivity contribution in [2.24, 2.45) is 0 Å². The fourth-order valence-corrected chi connectivity index (χ4v) is 1.70. The first-order valence-corrected chi connectivity index (χ1v) is 5.27. The van der Waals surface area contributed by atoms with Crippen molar-refractivity contribution in [1.82, 2.24) is 9.55 Å². The molecular formula is C11H11ClFN3. The number of hydrogen-bond acceptors (Lipinski definition) is 2. The van der Waals surface area contributed by atoms with Crippen molar-refractivity contribution >= 4 is 17.4 Å². The van der Waals surface area contributed by atoms with Gasteiger partial charge in [-0.05, 0) is 25.1 Å². The maximum absolute atomic E-state index is 13.6. The number of nitrogen functional groups attached to an aromatic ring is 1. The van der Waals surface area contributed by atoms with E-state index in [0.29, 0.717) is 28.6 Å². The molecule has 0 fully saturated rings. The van der Waals surface area contributed by atoms with Crippen LogP contribution in [0.25, 0.3) is 11.3 Å². The zero-order valence-electron chi connectivity index (χ0n) is 8.74. The Kier molecular flexibility index (Phi) is 2.83. The highest BCUT2D eigenvalue weighted by atomic mass is 35.5. The minimum absolute atomic E-state index is 0.331. The van der Waals surface area contributed by atoms with Crippen LogP contribution in [0.4, 0.5) is 10.2 Å². The lowest BCUT2D eigenvalue weighted by Gasteiger charge is -2.04. The summed E-state index contributed by atoms with van der Waals surface area (Å²) in [5.74, 6) is 0.0705. The summed E-state index contributed by atoms with van der Waals surface area (Å²) in [6.45, 7) is 2.64. The molecule has 0 amide bonds. The van der Waals surface area contributed by atoms with Crippen molar-refractivity contribution in [2.45, 2.75) is 13.5 Å². The highest BCUT2D eigenvalue weighted by molar-refractivity contribution is 6.30. The van der Waals surface area contributed by atoms with Crippen molar-refractivity contribution in [2.75, 3.05) is 5.73 Å². The minimum Gasteiger partial charge on any atom is -0.383 e. The van der Waals surface area contributed by atoms with Crippen molar-refractivity contribution in [1.29, 1.82) is 0 Å². The van der Waals surface area contributed by atoms with Crippen LogP contribution in [-0.2, 0) is 6.54 Å². The molecule has 0 spiro atoms. The van der Waals surface area contributed by atoms with Gasteiger partial charge < -0.3 is 10.3 Å². The molecule has 0 aliphatic carbocycles. The predicted molar refractivity (Wildman–Crippen MR) is 62.7 cm³/mol. The fourth-order valence-electron chi connectivity index (χ4n) is 1.53. The molecule has 0 saturated heterocycles. The maximum Gasteiger partial charge on any atom is 0.132 e. The smallest absolute Gasteiger partial charge is 0.132 e. The van der Waals surface area contributed by atoms with Crippen LogP contribution in [0.5, 0.6) is 0 Å². The van der Waals surface area contributed by atoms with E-state index < -0.39 is 0 Å². The Morgan fingerprint density at radius 3 is 2.88 bits per heavy atom. The Hall–Kier alpha value is -1.55. The van der Waals surface area contributed by atoms with Gasteiger partial charge in [0, 0.05) is 17.1 Å². The molecule has 84 valence electrons. The summed E-state index contributed by atoms with van der Waals surface area (Å²) in [6, 6.07) is 4.32. The van der Waals surface area contributed by atoms with E-state index in [4.69, 9.17) is 17.3 Å². The Bertz CT molecular complexity index is 522. The van der Waals surface area contributed by atoms with Gasteiger partial charge in [0.1, 0.15) is 17.3 Å². The number of aromatic nitrogens is 2. The largest absolute Gasteiger partial charge is 0.383 e. The Labute approximate surface area is 97.7 Å². The van der Waals surface area contributed by atoms with Gasteiger partial charge in [-0.25, -0.2) is 9.37 Å².